The summed E-state index contributed by atoms with van der Waals surface area (Å²) in [6.45, 7) is 0. The molecule has 0 amide bonds. The van der Waals surface area contributed by atoms with E-state index in [9.17, 15) is 18.0 Å². The Bertz CT molecular complexity index is 747. The van der Waals surface area contributed by atoms with Crippen molar-refractivity contribution in [2.75, 3.05) is 0 Å². The van der Waals surface area contributed by atoms with E-state index in [0.717, 1.165) is 0 Å². The van der Waals surface area contributed by atoms with Gasteiger partial charge in [0.2, 0.25) is 0 Å². The Balaban J connectivity index is 1.84. The Hall–Kier alpha value is -2.15. The molecular formula is C15H10ClF3N2O2. The largest absolute Gasteiger partial charge is 0.424 e. The van der Waals surface area contributed by atoms with E-state index in [-0.39, 0.29) is 24.0 Å². The van der Waals surface area contributed by atoms with Crippen molar-refractivity contribution in [1.82, 2.24) is 9.97 Å². The number of fused-ring (bicyclic) bond motifs is 1. The molecule has 1 aliphatic carbocycles. The number of alkyl halides is 3. The van der Waals surface area contributed by atoms with Crippen molar-refractivity contribution in [2.24, 2.45) is 0 Å². The number of nitrogens with zero attached hydrogens (tertiary/aromatic N) is 2. The molecule has 0 fully saturated rings. The highest BCUT2D eigenvalue weighted by atomic mass is 35.5. The van der Waals surface area contributed by atoms with Crippen LogP contribution in [0.25, 0.3) is 0 Å². The lowest BCUT2D eigenvalue weighted by Crippen LogP contribution is -2.28. The number of carbonyl (C=O) groups is 1. The van der Waals surface area contributed by atoms with Gasteiger partial charge in [0.1, 0.15) is 5.75 Å². The van der Waals surface area contributed by atoms with Gasteiger partial charge in [-0.05, 0) is 12.5 Å². The monoisotopic (exact) mass is 342 g/mol. The SMILES string of the molecule is O=C1c2cccc(Oc3ncc(Cl)cn3)c2C1CCC(F)(F)F. The third-order valence-corrected chi connectivity index (χ3v) is 3.71. The first-order valence-corrected chi connectivity index (χ1v) is 7.12. The summed E-state index contributed by atoms with van der Waals surface area (Å²) in [6.07, 6.45) is -2.94. The van der Waals surface area contributed by atoms with E-state index in [1.54, 1.807) is 18.2 Å². The number of Topliss-reactive ketones (excluding diaryl/α,β-unsaturated/α-hetero) is 1. The molecule has 23 heavy (non-hydrogen) atoms. The molecule has 0 N–H and O–H groups in total. The second-order valence-electron chi connectivity index (χ2n) is 5.07. The molecule has 4 nitrogen and oxygen atoms in total. The van der Waals surface area contributed by atoms with Crippen molar-refractivity contribution < 1.29 is 22.7 Å². The van der Waals surface area contributed by atoms with Crippen LogP contribution in [0, 0.1) is 0 Å². The average molecular weight is 343 g/mol. The molecule has 1 atom stereocenters. The maximum absolute atomic E-state index is 12.4. The van der Waals surface area contributed by atoms with Crippen LogP contribution < -0.4 is 4.74 Å². The lowest BCUT2D eigenvalue weighted by atomic mass is 9.73. The zero-order valence-corrected chi connectivity index (χ0v) is 12.4. The van der Waals surface area contributed by atoms with Gasteiger partial charge in [-0.15, -0.1) is 0 Å². The number of halogens is 4. The lowest BCUT2D eigenvalue weighted by Gasteiger charge is -2.30. The normalized spacial score (nSPS) is 16.7. The molecule has 0 radical (unpaired) electrons. The van der Waals surface area contributed by atoms with Gasteiger partial charge < -0.3 is 4.74 Å². The molecule has 0 spiro atoms. The van der Waals surface area contributed by atoms with Crippen molar-refractivity contribution in [2.45, 2.75) is 24.9 Å². The zero-order chi connectivity index (χ0) is 16.6. The Morgan fingerprint density at radius 2 is 1.91 bits per heavy atom. The standard InChI is InChI=1S/C15H10ClF3N2O2/c16-8-6-20-14(21-7-8)23-11-3-1-2-9-12(11)10(13(9)22)4-5-15(17,18)19/h1-3,6-7,10H,4-5H2. The molecule has 8 heteroatoms. The van der Waals surface area contributed by atoms with Crippen LogP contribution >= 0.6 is 11.6 Å². The fourth-order valence-corrected chi connectivity index (χ4v) is 2.58. The van der Waals surface area contributed by atoms with Crippen molar-refractivity contribution in [3.05, 3.63) is 46.7 Å². The minimum absolute atomic E-state index is 0.0109. The van der Waals surface area contributed by atoms with E-state index < -0.39 is 18.5 Å². The predicted octanol–water partition coefficient (Wildman–Crippen LogP) is 4.54. The second kappa shape index (κ2) is 5.81. The number of benzene rings is 1. The van der Waals surface area contributed by atoms with Gasteiger partial charge in [0, 0.05) is 17.5 Å². The van der Waals surface area contributed by atoms with Crippen LogP contribution in [0.3, 0.4) is 0 Å². The van der Waals surface area contributed by atoms with Crippen molar-refractivity contribution in [3.63, 3.8) is 0 Å². The van der Waals surface area contributed by atoms with Gasteiger partial charge in [-0.25, -0.2) is 9.97 Å². The average Bonchev–Trinajstić information content (AvgIpc) is 2.48. The van der Waals surface area contributed by atoms with Gasteiger partial charge in [0.15, 0.2) is 5.78 Å². The van der Waals surface area contributed by atoms with Gasteiger partial charge in [-0.3, -0.25) is 4.79 Å². The van der Waals surface area contributed by atoms with Crippen LogP contribution in [0.5, 0.6) is 11.8 Å². The third-order valence-electron chi connectivity index (χ3n) is 3.51. The number of rotatable bonds is 4. The quantitative estimate of drug-likeness (QED) is 0.818. The van der Waals surface area contributed by atoms with E-state index in [1.807, 2.05) is 0 Å². The van der Waals surface area contributed by atoms with E-state index in [2.05, 4.69) is 9.97 Å². The summed E-state index contributed by atoms with van der Waals surface area (Å²) in [6, 6.07) is 4.75. The zero-order valence-electron chi connectivity index (χ0n) is 11.6. The molecule has 0 aliphatic heterocycles. The van der Waals surface area contributed by atoms with Crippen molar-refractivity contribution in [3.8, 4) is 11.8 Å². The van der Waals surface area contributed by atoms with Crippen molar-refractivity contribution in [1.29, 1.82) is 0 Å². The summed E-state index contributed by atoms with van der Waals surface area (Å²) in [5, 5.41) is 0.330. The van der Waals surface area contributed by atoms with Gasteiger partial charge in [-0.2, -0.15) is 13.2 Å². The van der Waals surface area contributed by atoms with Gasteiger partial charge in [-0.1, -0.05) is 23.7 Å². The summed E-state index contributed by atoms with van der Waals surface area (Å²) < 4.78 is 42.7. The summed E-state index contributed by atoms with van der Waals surface area (Å²) in [4.78, 5) is 19.7. The van der Waals surface area contributed by atoms with E-state index in [1.165, 1.54) is 12.4 Å². The Kier molecular flexibility index (Phi) is 3.97. The Labute approximate surface area is 134 Å². The summed E-state index contributed by atoms with van der Waals surface area (Å²) >= 11 is 5.68. The van der Waals surface area contributed by atoms with E-state index >= 15 is 0 Å². The van der Waals surface area contributed by atoms with E-state index in [4.69, 9.17) is 16.3 Å². The Morgan fingerprint density at radius 3 is 2.57 bits per heavy atom. The molecule has 2 aromatic rings. The molecule has 1 aromatic heterocycles. The maximum Gasteiger partial charge on any atom is 0.389 e. The molecule has 0 saturated heterocycles. The minimum Gasteiger partial charge on any atom is -0.424 e. The number of hydrogen-bond acceptors (Lipinski definition) is 4. The fourth-order valence-electron chi connectivity index (χ4n) is 2.48. The first-order valence-electron chi connectivity index (χ1n) is 6.74. The summed E-state index contributed by atoms with van der Waals surface area (Å²) in [7, 11) is 0. The molecule has 3 rings (SSSR count). The number of hydrogen-bond donors (Lipinski definition) is 0. The summed E-state index contributed by atoms with van der Waals surface area (Å²) in [5.41, 5.74) is 0.851. The molecule has 1 aliphatic rings. The third kappa shape index (κ3) is 3.29. The smallest absolute Gasteiger partial charge is 0.389 e. The Morgan fingerprint density at radius 1 is 1.22 bits per heavy atom. The van der Waals surface area contributed by atoms with Crippen molar-refractivity contribution >= 4 is 17.4 Å². The summed E-state index contributed by atoms with van der Waals surface area (Å²) in [5.74, 6) is -0.821. The van der Waals surface area contributed by atoms with Gasteiger partial charge >= 0.3 is 12.2 Å². The fraction of sp³-hybridized carbons (Fsp3) is 0.267. The van der Waals surface area contributed by atoms with E-state index in [0.29, 0.717) is 16.1 Å². The topological polar surface area (TPSA) is 52.1 Å². The highest BCUT2D eigenvalue weighted by Gasteiger charge is 2.41. The van der Waals surface area contributed by atoms with Crippen LogP contribution in [0.15, 0.2) is 30.6 Å². The molecule has 1 aromatic carbocycles. The molecule has 0 saturated carbocycles. The number of ketones is 1. The number of ether oxygens (including phenoxy) is 1. The molecule has 0 bridgehead atoms. The van der Waals surface area contributed by atoms with Crippen LogP contribution in [-0.2, 0) is 0 Å². The van der Waals surface area contributed by atoms with Crippen LogP contribution in [0.2, 0.25) is 5.02 Å². The maximum atomic E-state index is 12.4. The predicted molar refractivity (Wildman–Crippen MR) is 75.9 cm³/mol. The molecule has 1 heterocycles. The van der Waals surface area contributed by atoms with Crippen LogP contribution in [0.4, 0.5) is 13.2 Å². The van der Waals surface area contributed by atoms with Gasteiger partial charge in [0.25, 0.3) is 0 Å². The molecule has 1 unspecified atom stereocenters. The molecule has 120 valence electrons. The molecular weight excluding hydrogens is 333 g/mol. The first kappa shape index (κ1) is 15.7. The number of aromatic nitrogens is 2. The first-order chi connectivity index (χ1) is 10.8. The van der Waals surface area contributed by atoms with Gasteiger partial charge in [0.05, 0.1) is 23.3 Å². The lowest BCUT2D eigenvalue weighted by molar-refractivity contribution is -0.136. The number of carbonyl (C=O) groups excluding carboxylic acids is 1. The second-order valence-corrected chi connectivity index (χ2v) is 5.51. The van der Waals surface area contributed by atoms with Crippen LogP contribution in [-0.4, -0.2) is 21.9 Å². The minimum atomic E-state index is -4.30. The highest BCUT2D eigenvalue weighted by Crippen LogP contribution is 2.46. The van der Waals surface area contributed by atoms with Crippen LogP contribution in [0.1, 0.15) is 34.7 Å². The highest BCUT2D eigenvalue weighted by molar-refractivity contribution is 6.30.